The van der Waals surface area contributed by atoms with Crippen LogP contribution in [0, 0.1) is 5.40 Å². The second-order valence-electron chi connectivity index (χ2n) is 3.08. The Morgan fingerprint density at radius 3 is 1.57 bits per heavy atom. The summed E-state index contributed by atoms with van der Waals surface area (Å²) >= 11 is 0. The summed E-state index contributed by atoms with van der Waals surface area (Å²) in [6, 6.07) is 19.5. The van der Waals surface area contributed by atoms with Gasteiger partial charge in [0.15, 0.2) is 1.41 Å². The van der Waals surface area contributed by atoms with Crippen molar-refractivity contribution in [3.05, 3.63) is 71.8 Å². The van der Waals surface area contributed by atoms with E-state index in [9.17, 15) is 0 Å². The van der Waals surface area contributed by atoms with E-state index >= 15 is 0 Å². The van der Waals surface area contributed by atoms with Crippen molar-refractivity contribution in [1.29, 1.82) is 5.40 Å². The Balaban J connectivity index is 2.44. The highest BCUT2D eigenvalue weighted by atomic mass is 14.4. The maximum atomic E-state index is 7.22. The molecule has 0 aliphatic carbocycles. The second-order valence-corrected chi connectivity index (χ2v) is 3.08. The van der Waals surface area contributed by atoms with Crippen LogP contribution in [0.1, 0.15) is 11.1 Å². The molecule has 1 heteroatoms. The van der Waals surface area contributed by atoms with Crippen LogP contribution in [-0.4, -0.2) is 5.71 Å². The molecule has 0 aromatic heterocycles. The Kier molecular flexibility index (Phi) is 2.08. The topological polar surface area (TPSA) is 23.9 Å². The van der Waals surface area contributed by atoms with Crippen LogP contribution in [0.4, 0.5) is 0 Å². The summed E-state index contributed by atoms with van der Waals surface area (Å²) in [7, 11) is 0. The van der Waals surface area contributed by atoms with Gasteiger partial charge in [-0.2, -0.15) is 0 Å². The summed E-state index contributed by atoms with van der Waals surface area (Å²) < 4.78 is 7.22. The van der Waals surface area contributed by atoms with Gasteiger partial charge in [0.1, 0.15) is 0 Å². The van der Waals surface area contributed by atoms with E-state index in [1.807, 2.05) is 60.7 Å². The minimum Gasteiger partial charge on any atom is -0.300 e. The quantitative estimate of drug-likeness (QED) is 0.690. The van der Waals surface area contributed by atoms with Crippen LogP contribution >= 0.6 is 0 Å². The summed E-state index contributed by atoms with van der Waals surface area (Å²) in [4.78, 5) is 0. The number of hydrogen-bond acceptors (Lipinski definition) is 1. The average Bonchev–Trinajstić information content (AvgIpc) is 2.33. The third-order valence-corrected chi connectivity index (χ3v) is 2.09. The molecule has 0 spiro atoms. The third-order valence-electron chi connectivity index (χ3n) is 2.09. The molecule has 14 heavy (non-hydrogen) atoms. The van der Waals surface area contributed by atoms with Gasteiger partial charge in [0.2, 0.25) is 0 Å². The molecule has 0 atom stereocenters. The molecular formula is C13H11N. The van der Waals surface area contributed by atoms with Gasteiger partial charge in [0.05, 0.1) is 5.71 Å². The van der Waals surface area contributed by atoms with E-state index in [1.165, 1.54) is 0 Å². The van der Waals surface area contributed by atoms with Gasteiger partial charge < -0.3 is 0 Å². The number of nitrogens with one attached hydrogen (secondary N) is 1. The van der Waals surface area contributed by atoms with Crippen molar-refractivity contribution in [3.63, 3.8) is 0 Å². The highest BCUT2D eigenvalue weighted by Gasteiger charge is 2.01. The normalized spacial score (nSPS) is 10.4. The minimum atomic E-state index is 0.705. The third kappa shape index (κ3) is 1.72. The van der Waals surface area contributed by atoms with Gasteiger partial charge in [-0.25, -0.2) is 0 Å². The predicted octanol–water partition coefficient (Wildman–Crippen LogP) is 3.10. The molecule has 0 amide bonds. The van der Waals surface area contributed by atoms with E-state index in [-0.39, 0.29) is 0 Å². The molecule has 0 bridgehead atoms. The molecule has 0 saturated heterocycles. The summed E-state index contributed by atoms with van der Waals surface area (Å²) in [5.74, 6) is 0. The minimum absolute atomic E-state index is 0.705. The van der Waals surface area contributed by atoms with Crippen molar-refractivity contribution in [2.24, 2.45) is 0 Å². The fraction of sp³-hybridized carbons (Fsp3) is 0. The van der Waals surface area contributed by atoms with Gasteiger partial charge >= 0.3 is 0 Å². The molecule has 0 aliphatic rings. The van der Waals surface area contributed by atoms with Crippen molar-refractivity contribution in [2.75, 3.05) is 0 Å². The Morgan fingerprint density at radius 1 is 0.786 bits per heavy atom. The van der Waals surface area contributed by atoms with E-state index < -0.39 is 0 Å². The van der Waals surface area contributed by atoms with Gasteiger partial charge in [-0.05, 0) is 11.1 Å². The van der Waals surface area contributed by atoms with Crippen molar-refractivity contribution in [2.45, 2.75) is 0 Å². The van der Waals surface area contributed by atoms with Gasteiger partial charge in [-0.15, -0.1) is 0 Å². The van der Waals surface area contributed by atoms with Crippen LogP contribution < -0.4 is 0 Å². The van der Waals surface area contributed by atoms with Crippen LogP contribution in [0.25, 0.3) is 0 Å². The number of rotatable bonds is 2. The lowest BCUT2D eigenvalue weighted by atomic mass is 10.0. The van der Waals surface area contributed by atoms with E-state index in [0.29, 0.717) is 5.71 Å². The van der Waals surface area contributed by atoms with Crippen LogP contribution in [0.15, 0.2) is 60.7 Å². The first-order valence-corrected chi connectivity index (χ1v) is 4.54. The Labute approximate surface area is 85.0 Å². The summed E-state index contributed by atoms with van der Waals surface area (Å²) in [6.07, 6.45) is 0. The molecule has 1 N–H and O–H groups in total. The molecular weight excluding hydrogens is 170 g/mol. The monoisotopic (exact) mass is 182 g/mol. The highest BCUT2D eigenvalue weighted by molar-refractivity contribution is 6.10. The van der Waals surface area contributed by atoms with Crippen LogP contribution in [0.2, 0.25) is 1.41 Å². The molecule has 0 heterocycles. The molecule has 1 nitrogen and oxygen atoms in total. The first-order valence-electron chi connectivity index (χ1n) is 4.99. The number of benzene rings is 2. The van der Waals surface area contributed by atoms with Crippen LogP contribution in [0.5, 0.6) is 0 Å². The fourth-order valence-electron chi connectivity index (χ4n) is 1.36. The molecule has 68 valence electrons. The molecule has 2 aromatic rings. The summed E-state index contributed by atoms with van der Waals surface area (Å²) in [6.45, 7) is 0. The van der Waals surface area contributed by atoms with Crippen LogP contribution in [0.3, 0.4) is 0 Å². The highest BCUT2D eigenvalue weighted by Crippen LogP contribution is 2.08. The predicted molar refractivity (Wildman–Crippen MR) is 58.8 cm³/mol. The largest absolute Gasteiger partial charge is 0.300 e. The zero-order valence-electron chi connectivity index (χ0n) is 8.72. The zero-order chi connectivity index (χ0) is 10.5. The molecule has 0 aliphatic heterocycles. The fourth-order valence-corrected chi connectivity index (χ4v) is 1.36. The molecule has 0 unspecified atom stereocenters. The van der Waals surface area contributed by atoms with E-state index in [1.54, 1.807) is 0 Å². The Hall–Kier alpha value is -1.89. The Bertz CT molecular complexity index is 407. The average molecular weight is 182 g/mol. The SMILES string of the molecule is [2H]N=C(c1ccccc1)c1ccccc1. The summed E-state index contributed by atoms with van der Waals surface area (Å²) in [5, 5.41) is 3.60. The van der Waals surface area contributed by atoms with Crippen molar-refractivity contribution < 1.29 is 1.41 Å². The van der Waals surface area contributed by atoms with Gasteiger partial charge in [-0.1, -0.05) is 60.7 Å². The van der Waals surface area contributed by atoms with Crippen molar-refractivity contribution in [1.82, 2.24) is 0 Å². The van der Waals surface area contributed by atoms with Crippen molar-refractivity contribution in [3.8, 4) is 0 Å². The molecule has 2 aromatic carbocycles. The maximum Gasteiger partial charge on any atom is 0.188 e. The number of hydrogen-bond donors (Lipinski definition) is 1. The molecule has 2 rings (SSSR count). The lowest BCUT2D eigenvalue weighted by Crippen LogP contribution is -1.99. The lowest BCUT2D eigenvalue weighted by molar-refractivity contribution is 1.46. The van der Waals surface area contributed by atoms with Gasteiger partial charge in [-0.3, -0.25) is 5.40 Å². The van der Waals surface area contributed by atoms with Gasteiger partial charge in [0.25, 0.3) is 0 Å². The standard InChI is InChI=1S/C13H11N/c14-13(11-7-3-1-4-8-11)12-9-5-2-6-10-12/h1-10,14H/i/hD. The van der Waals surface area contributed by atoms with E-state index in [0.717, 1.165) is 11.1 Å². The van der Waals surface area contributed by atoms with Crippen molar-refractivity contribution >= 4 is 5.71 Å². The second kappa shape index (κ2) is 3.88. The van der Waals surface area contributed by atoms with Gasteiger partial charge in [0, 0.05) is 0 Å². The Morgan fingerprint density at radius 2 is 1.21 bits per heavy atom. The lowest BCUT2D eigenvalue weighted by Gasteiger charge is -2.02. The molecule has 0 saturated carbocycles. The smallest absolute Gasteiger partial charge is 0.188 e. The maximum absolute atomic E-state index is 7.22. The molecule has 0 radical (unpaired) electrons. The first-order chi connectivity index (χ1) is 7.42. The van der Waals surface area contributed by atoms with Crippen LogP contribution in [-0.2, 0) is 0 Å². The first kappa shape index (κ1) is 7.51. The molecule has 0 fully saturated rings. The van der Waals surface area contributed by atoms with E-state index in [2.05, 4.69) is 5.40 Å². The summed E-state index contributed by atoms with van der Waals surface area (Å²) in [5.41, 5.74) is 2.65. The van der Waals surface area contributed by atoms with E-state index in [4.69, 9.17) is 1.41 Å². The zero-order valence-corrected chi connectivity index (χ0v) is 7.72.